The largest absolute Gasteiger partial charge is 0.393 e. The van der Waals surface area contributed by atoms with Gasteiger partial charge >= 0.3 is 0 Å². The smallest absolute Gasteiger partial charge is 0.290 e. The molecule has 0 bridgehead atoms. The Kier molecular flexibility index (Phi) is 5.26. The number of aryl methyl sites for hydroxylation is 2. The second kappa shape index (κ2) is 5.72. The van der Waals surface area contributed by atoms with E-state index in [4.69, 9.17) is 18.0 Å². The quantitative estimate of drug-likeness (QED) is 0.510. The Hall–Kier alpha value is -1.27. The van der Waals surface area contributed by atoms with Crippen molar-refractivity contribution in [1.29, 1.82) is 0 Å². The summed E-state index contributed by atoms with van der Waals surface area (Å²) in [4.78, 5) is 14.6. The van der Waals surface area contributed by atoms with Crippen molar-refractivity contribution in [2.24, 2.45) is 5.73 Å². The van der Waals surface area contributed by atoms with Crippen LogP contribution in [0.2, 0.25) is 0 Å². The Morgan fingerprint density at radius 1 is 1.62 bits per heavy atom. The number of hydrogen-bond acceptors (Lipinski definition) is 4. The van der Waals surface area contributed by atoms with Crippen LogP contribution in [0.4, 0.5) is 5.69 Å². The minimum Gasteiger partial charge on any atom is -0.393 e. The van der Waals surface area contributed by atoms with Crippen molar-refractivity contribution in [3.8, 4) is 0 Å². The maximum Gasteiger partial charge on any atom is 0.290 e. The summed E-state index contributed by atoms with van der Waals surface area (Å²) in [6.45, 7) is 3.35. The summed E-state index contributed by atoms with van der Waals surface area (Å²) in [6.07, 6.45) is 0.375. The van der Waals surface area contributed by atoms with Crippen LogP contribution >= 0.6 is 24.6 Å². The highest BCUT2D eigenvalue weighted by molar-refractivity contribution is 7.80. The first-order valence-electron chi connectivity index (χ1n) is 4.31. The van der Waals surface area contributed by atoms with Gasteiger partial charge in [-0.2, -0.15) is 0 Å². The number of thiocarbonyl (C=S) groups is 1. The van der Waals surface area contributed by atoms with Gasteiger partial charge in [-0.25, -0.2) is 0 Å². The standard InChI is InChI=1S/C9H11N3O2S.ClH/c1-5-3-8(12(13)14)6(2)11-7(5)4-9(10)15;/h3H,4H2,1-2H3,(H2,10,15);1H. The molecule has 5 nitrogen and oxygen atoms in total. The van der Waals surface area contributed by atoms with Gasteiger partial charge in [0.2, 0.25) is 0 Å². The van der Waals surface area contributed by atoms with Gasteiger partial charge in [0, 0.05) is 12.5 Å². The molecule has 0 aliphatic rings. The third-order valence-corrected chi connectivity index (χ3v) is 2.16. The van der Waals surface area contributed by atoms with Gasteiger partial charge in [0.05, 0.1) is 15.6 Å². The van der Waals surface area contributed by atoms with E-state index in [2.05, 4.69) is 4.98 Å². The third kappa shape index (κ3) is 3.39. The predicted octanol–water partition coefficient (Wildman–Crippen LogP) is 1.86. The van der Waals surface area contributed by atoms with Crippen LogP contribution in [-0.4, -0.2) is 14.9 Å². The molecule has 1 aromatic rings. The topological polar surface area (TPSA) is 82.0 Å². The molecular weight excluding hydrogens is 250 g/mol. The van der Waals surface area contributed by atoms with Crippen LogP contribution < -0.4 is 5.73 Å². The molecule has 0 unspecified atom stereocenters. The molecule has 0 spiro atoms. The summed E-state index contributed by atoms with van der Waals surface area (Å²) < 4.78 is 0. The van der Waals surface area contributed by atoms with Crippen molar-refractivity contribution in [1.82, 2.24) is 4.98 Å². The molecule has 0 aromatic carbocycles. The molecule has 0 saturated carbocycles. The van der Waals surface area contributed by atoms with Crippen molar-refractivity contribution in [2.75, 3.05) is 0 Å². The number of pyridine rings is 1. The van der Waals surface area contributed by atoms with Crippen molar-refractivity contribution >= 4 is 35.3 Å². The first kappa shape index (κ1) is 14.7. The fourth-order valence-corrected chi connectivity index (χ4v) is 1.41. The van der Waals surface area contributed by atoms with Crippen molar-refractivity contribution in [2.45, 2.75) is 20.3 Å². The SMILES string of the molecule is Cc1cc([N+](=O)[O-])c(C)nc1CC(N)=S.Cl. The molecule has 0 aliphatic heterocycles. The molecular formula is C9H12ClN3O2S. The number of rotatable bonds is 3. The Balaban J connectivity index is 0.00000225. The van der Waals surface area contributed by atoms with E-state index in [1.54, 1.807) is 13.8 Å². The molecule has 2 N–H and O–H groups in total. The van der Waals surface area contributed by atoms with E-state index in [0.717, 1.165) is 5.56 Å². The van der Waals surface area contributed by atoms with Gasteiger partial charge in [0.1, 0.15) is 5.69 Å². The fourth-order valence-electron chi connectivity index (χ4n) is 1.27. The molecule has 0 aliphatic carbocycles. The van der Waals surface area contributed by atoms with Crippen LogP contribution in [0.1, 0.15) is 17.0 Å². The van der Waals surface area contributed by atoms with Gasteiger partial charge in [-0.05, 0) is 19.4 Å². The van der Waals surface area contributed by atoms with Crippen LogP contribution in [-0.2, 0) is 6.42 Å². The molecule has 1 rings (SSSR count). The maximum absolute atomic E-state index is 10.6. The zero-order valence-corrected chi connectivity index (χ0v) is 10.5. The van der Waals surface area contributed by atoms with Crippen LogP contribution in [0.5, 0.6) is 0 Å². The predicted molar refractivity (Wildman–Crippen MR) is 68.1 cm³/mol. The van der Waals surface area contributed by atoms with Gasteiger partial charge in [-0.15, -0.1) is 12.4 Å². The number of aromatic nitrogens is 1. The van der Waals surface area contributed by atoms with Crippen LogP contribution in [0, 0.1) is 24.0 Å². The fraction of sp³-hybridized carbons (Fsp3) is 0.333. The lowest BCUT2D eigenvalue weighted by molar-refractivity contribution is -0.385. The molecule has 0 fully saturated rings. The van der Waals surface area contributed by atoms with Gasteiger partial charge in [-0.3, -0.25) is 15.1 Å². The van der Waals surface area contributed by atoms with Crippen LogP contribution in [0.15, 0.2) is 6.07 Å². The molecule has 0 atom stereocenters. The molecule has 0 saturated heterocycles. The zero-order valence-electron chi connectivity index (χ0n) is 8.89. The first-order chi connectivity index (χ1) is 6.91. The van der Waals surface area contributed by atoms with E-state index in [9.17, 15) is 10.1 Å². The Morgan fingerprint density at radius 3 is 2.62 bits per heavy atom. The van der Waals surface area contributed by atoms with E-state index in [1.807, 2.05) is 0 Å². The highest BCUT2D eigenvalue weighted by atomic mass is 35.5. The normalized spacial score (nSPS) is 9.38. The number of halogens is 1. The van der Waals surface area contributed by atoms with Crippen LogP contribution in [0.3, 0.4) is 0 Å². The summed E-state index contributed by atoms with van der Waals surface area (Å²) in [5, 5.41) is 10.6. The summed E-state index contributed by atoms with van der Waals surface area (Å²) in [5.41, 5.74) is 7.25. The van der Waals surface area contributed by atoms with Gasteiger partial charge in [0.25, 0.3) is 5.69 Å². The van der Waals surface area contributed by atoms with Crippen molar-refractivity contribution in [3.63, 3.8) is 0 Å². The van der Waals surface area contributed by atoms with Gasteiger partial charge in [0.15, 0.2) is 0 Å². The Bertz CT molecular complexity index is 437. The molecule has 0 radical (unpaired) electrons. The first-order valence-corrected chi connectivity index (χ1v) is 4.72. The Labute approximate surface area is 105 Å². The number of hydrogen-bond donors (Lipinski definition) is 1. The lowest BCUT2D eigenvalue weighted by Gasteiger charge is -2.05. The van der Waals surface area contributed by atoms with E-state index >= 15 is 0 Å². The molecule has 16 heavy (non-hydrogen) atoms. The summed E-state index contributed by atoms with van der Waals surface area (Å²) in [7, 11) is 0. The summed E-state index contributed by atoms with van der Waals surface area (Å²) in [5.74, 6) is 0. The number of nitrogens with two attached hydrogens (primary N) is 1. The summed E-state index contributed by atoms with van der Waals surface area (Å²) in [6, 6.07) is 1.50. The number of nitro groups is 1. The second-order valence-electron chi connectivity index (χ2n) is 3.26. The molecule has 0 amide bonds. The molecule has 88 valence electrons. The van der Waals surface area contributed by atoms with Crippen LogP contribution in [0.25, 0.3) is 0 Å². The molecule has 7 heteroatoms. The lowest BCUT2D eigenvalue weighted by Crippen LogP contribution is -2.14. The average Bonchev–Trinajstić information content (AvgIpc) is 2.09. The monoisotopic (exact) mass is 261 g/mol. The van der Waals surface area contributed by atoms with E-state index in [0.29, 0.717) is 22.8 Å². The third-order valence-electron chi connectivity index (χ3n) is 2.02. The number of nitrogens with zero attached hydrogens (tertiary/aromatic N) is 2. The molecule has 1 heterocycles. The van der Waals surface area contributed by atoms with Crippen molar-refractivity contribution in [3.05, 3.63) is 33.1 Å². The van der Waals surface area contributed by atoms with E-state index < -0.39 is 4.92 Å². The van der Waals surface area contributed by atoms with E-state index in [1.165, 1.54) is 6.07 Å². The van der Waals surface area contributed by atoms with Gasteiger partial charge < -0.3 is 5.73 Å². The van der Waals surface area contributed by atoms with E-state index in [-0.39, 0.29) is 18.1 Å². The molecule has 1 aromatic heterocycles. The lowest BCUT2D eigenvalue weighted by atomic mass is 10.1. The highest BCUT2D eigenvalue weighted by Crippen LogP contribution is 2.19. The average molecular weight is 262 g/mol. The minimum atomic E-state index is -0.445. The highest BCUT2D eigenvalue weighted by Gasteiger charge is 2.14. The summed E-state index contributed by atoms with van der Waals surface area (Å²) >= 11 is 4.77. The Morgan fingerprint density at radius 2 is 2.19 bits per heavy atom. The minimum absolute atomic E-state index is 0. The van der Waals surface area contributed by atoms with Gasteiger partial charge in [-0.1, -0.05) is 12.2 Å². The maximum atomic E-state index is 10.6. The van der Waals surface area contributed by atoms with Crippen molar-refractivity contribution < 1.29 is 4.92 Å². The second-order valence-corrected chi connectivity index (χ2v) is 3.78. The zero-order chi connectivity index (χ0) is 11.6.